The minimum Gasteiger partial charge on any atom is -0.357 e. The Morgan fingerprint density at radius 2 is 1.83 bits per heavy atom. The number of carbonyl (C=O) groups excluding carboxylic acids is 2. The van der Waals surface area contributed by atoms with Crippen molar-refractivity contribution >= 4 is 39.2 Å². The van der Waals surface area contributed by atoms with E-state index in [2.05, 4.69) is 31.5 Å². The Bertz CT molecular complexity index is 898. The molecule has 2 N–H and O–H groups in total. The van der Waals surface area contributed by atoms with Crippen molar-refractivity contribution in [3.8, 4) is 0 Å². The van der Waals surface area contributed by atoms with Crippen LogP contribution in [0.3, 0.4) is 0 Å². The number of benzene rings is 1. The van der Waals surface area contributed by atoms with Crippen LogP contribution in [0.5, 0.6) is 0 Å². The zero-order chi connectivity index (χ0) is 21.7. The number of nitrogens with zero attached hydrogens (tertiary/aromatic N) is 2. The summed E-state index contributed by atoms with van der Waals surface area (Å²) >= 11 is 3.34. The number of piperidine rings is 1. The Morgan fingerprint density at radius 3 is 2.43 bits per heavy atom. The van der Waals surface area contributed by atoms with Crippen molar-refractivity contribution in [2.45, 2.75) is 19.0 Å². The fraction of sp³-hybridized carbons (Fsp3) is 0.350. The first-order valence-electron chi connectivity index (χ1n) is 9.34. The van der Waals surface area contributed by atoms with Gasteiger partial charge in [0, 0.05) is 29.7 Å². The molecule has 6 nitrogen and oxygen atoms in total. The summed E-state index contributed by atoms with van der Waals surface area (Å²) in [5, 5.41) is 5.36. The molecule has 0 spiro atoms. The molecule has 2 amide bonds. The first-order chi connectivity index (χ1) is 14.2. The molecule has 1 aliphatic heterocycles. The lowest BCUT2D eigenvalue weighted by Gasteiger charge is -2.32. The Morgan fingerprint density at radius 1 is 1.13 bits per heavy atom. The van der Waals surface area contributed by atoms with Gasteiger partial charge in [-0.2, -0.15) is 13.2 Å². The van der Waals surface area contributed by atoms with Crippen LogP contribution >= 0.6 is 15.9 Å². The van der Waals surface area contributed by atoms with Crippen molar-refractivity contribution in [3.63, 3.8) is 0 Å². The van der Waals surface area contributed by atoms with Gasteiger partial charge in [-0.3, -0.25) is 9.59 Å². The molecule has 30 heavy (non-hydrogen) atoms. The molecule has 1 aromatic heterocycles. The Labute approximate surface area is 180 Å². The Balaban J connectivity index is 1.45. The first-order valence-corrected chi connectivity index (χ1v) is 10.1. The van der Waals surface area contributed by atoms with Crippen molar-refractivity contribution in [1.82, 2.24) is 10.3 Å². The molecule has 10 heteroatoms. The number of carbonyl (C=O) groups is 2. The van der Waals surface area contributed by atoms with Gasteiger partial charge in [-0.15, -0.1) is 0 Å². The number of anilines is 2. The quantitative estimate of drug-likeness (QED) is 0.676. The first kappa shape index (κ1) is 22.1. The van der Waals surface area contributed by atoms with Crippen LogP contribution in [0.15, 0.2) is 47.1 Å². The van der Waals surface area contributed by atoms with Crippen LogP contribution in [-0.2, 0) is 15.8 Å². The number of pyridine rings is 1. The number of rotatable bonds is 5. The maximum absolute atomic E-state index is 12.6. The van der Waals surface area contributed by atoms with Gasteiger partial charge >= 0.3 is 6.18 Å². The zero-order valence-corrected chi connectivity index (χ0v) is 17.5. The molecule has 2 heterocycles. The van der Waals surface area contributed by atoms with Crippen molar-refractivity contribution < 1.29 is 22.8 Å². The van der Waals surface area contributed by atoms with Crippen molar-refractivity contribution in [1.29, 1.82) is 0 Å². The van der Waals surface area contributed by atoms with E-state index in [1.807, 2.05) is 11.0 Å². The van der Waals surface area contributed by atoms with E-state index in [-0.39, 0.29) is 24.3 Å². The number of halogens is 4. The summed E-state index contributed by atoms with van der Waals surface area (Å²) in [6.07, 6.45) is -2.54. The van der Waals surface area contributed by atoms with Gasteiger partial charge in [0.15, 0.2) is 0 Å². The average Bonchev–Trinajstić information content (AvgIpc) is 2.73. The maximum atomic E-state index is 12.6. The second kappa shape index (κ2) is 9.46. The predicted octanol–water partition coefficient (Wildman–Crippen LogP) is 3.83. The highest BCUT2D eigenvalue weighted by atomic mass is 79.9. The van der Waals surface area contributed by atoms with Crippen LogP contribution in [-0.4, -0.2) is 36.4 Å². The van der Waals surface area contributed by atoms with Gasteiger partial charge in [-0.25, -0.2) is 4.98 Å². The molecular weight excluding hydrogens is 465 g/mol. The fourth-order valence-corrected chi connectivity index (χ4v) is 3.56. The standard InChI is InChI=1S/C20H20BrF3N4O2/c21-15-3-1-2-4-16(15)27-18(29)12-26-19(30)13-7-9-28(10-8-13)17-6-5-14(11-25-17)20(22,23)24/h1-6,11,13H,7-10,12H2,(H,26,30)(H,27,29). The van der Waals surface area contributed by atoms with Crippen LogP contribution in [0.25, 0.3) is 0 Å². The van der Waals surface area contributed by atoms with Gasteiger partial charge in [0.25, 0.3) is 0 Å². The molecule has 0 bridgehead atoms. The van der Waals surface area contributed by atoms with Gasteiger partial charge in [0.1, 0.15) is 5.82 Å². The summed E-state index contributed by atoms with van der Waals surface area (Å²) in [5.74, 6) is -0.347. The molecular formula is C20H20BrF3N4O2. The van der Waals surface area contributed by atoms with E-state index in [9.17, 15) is 22.8 Å². The van der Waals surface area contributed by atoms with E-state index in [1.54, 1.807) is 18.2 Å². The molecule has 0 unspecified atom stereocenters. The van der Waals surface area contributed by atoms with E-state index in [1.165, 1.54) is 6.07 Å². The lowest BCUT2D eigenvalue weighted by Crippen LogP contribution is -2.42. The highest BCUT2D eigenvalue weighted by Gasteiger charge is 2.31. The van der Waals surface area contributed by atoms with Crippen LogP contribution in [0.2, 0.25) is 0 Å². The van der Waals surface area contributed by atoms with Gasteiger partial charge in [0.05, 0.1) is 17.8 Å². The number of nitrogens with one attached hydrogen (secondary N) is 2. The summed E-state index contributed by atoms with van der Waals surface area (Å²) < 4.78 is 38.7. The lowest BCUT2D eigenvalue weighted by atomic mass is 9.96. The van der Waals surface area contributed by atoms with Gasteiger partial charge in [-0.1, -0.05) is 12.1 Å². The molecule has 1 aromatic carbocycles. The summed E-state index contributed by atoms with van der Waals surface area (Å²) in [4.78, 5) is 30.1. The van der Waals surface area contributed by atoms with Crippen molar-refractivity contribution in [2.24, 2.45) is 5.92 Å². The maximum Gasteiger partial charge on any atom is 0.417 e. The minimum atomic E-state index is -4.42. The second-order valence-corrected chi connectivity index (χ2v) is 7.76. The minimum absolute atomic E-state index is 0.138. The Hall–Kier alpha value is -2.62. The number of alkyl halides is 3. The van der Waals surface area contributed by atoms with Crippen LogP contribution in [0.1, 0.15) is 18.4 Å². The van der Waals surface area contributed by atoms with Crippen molar-refractivity contribution in [3.05, 3.63) is 52.6 Å². The van der Waals surface area contributed by atoms with E-state index >= 15 is 0 Å². The van der Waals surface area contributed by atoms with Crippen LogP contribution < -0.4 is 15.5 Å². The molecule has 1 saturated heterocycles. The van der Waals surface area contributed by atoms with Crippen molar-refractivity contribution in [2.75, 3.05) is 29.9 Å². The molecule has 0 aliphatic carbocycles. The van der Waals surface area contributed by atoms with Gasteiger partial charge < -0.3 is 15.5 Å². The third kappa shape index (κ3) is 5.71. The van der Waals surface area contributed by atoms with E-state index in [4.69, 9.17) is 0 Å². The molecule has 0 saturated carbocycles. The predicted molar refractivity (Wildman–Crippen MR) is 110 cm³/mol. The second-order valence-electron chi connectivity index (χ2n) is 6.91. The molecule has 1 fully saturated rings. The fourth-order valence-electron chi connectivity index (χ4n) is 3.18. The lowest BCUT2D eigenvalue weighted by molar-refractivity contribution is -0.137. The van der Waals surface area contributed by atoms with Gasteiger partial charge in [0.2, 0.25) is 11.8 Å². The number of para-hydroxylation sites is 1. The van der Waals surface area contributed by atoms with E-state index in [0.717, 1.165) is 16.7 Å². The van der Waals surface area contributed by atoms with E-state index < -0.39 is 11.7 Å². The van der Waals surface area contributed by atoms with Crippen LogP contribution in [0.4, 0.5) is 24.7 Å². The molecule has 160 valence electrons. The molecule has 0 radical (unpaired) electrons. The largest absolute Gasteiger partial charge is 0.417 e. The number of aromatic nitrogens is 1. The highest BCUT2D eigenvalue weighted by molar-refractivity contribution is 9.10. The van der Waals surface area contributed by atoms with Crippen LogP contribution in [0, 0.1) is 5.92 Å². The summed E-state index contributed by atoms with van der Waals surface area (Å²) in [5.41, 5.74) is -0.171. The third-order valence-electron chi connectivity index (χ3n) is 4.84. The zero-order valence-electron chi connectivity index (χ0n) is 15.9. The third-order valence-corrected chi connectivity index (χ3v) is 5.53. The number of hydrogen-bond donors (Lipinski definition) is 2. The number of hydrogen-bond acceptors (Lipinski definition) is 4. The SMILES string of the molecule is O=C(CNC(=O)C1CCN(c2ccc(C(F)(F)F)cn2)CC1)Nc1ccccc1Br. The summed E-state index contributed by atoms with van der Waals surface area (Å²) in [6.45, 7) is 0.861. The van der Waals surface area contributed by atoms with Gasteiger partial charge in [-0.05, 0) is 53.0 Å². The monoisotopic (exact) mass is 484 g/mol. The summed E-state index contributed by atoms with van der Waals surface area (Å²) in [6, 6.07) is 9.51. The topological polar surface area (TPSA) is 74.3 Å². The number of amides is 2. The highest BCUT2D eigenvalue weighted by Crippen LogP contribution is 2.30. The normalized spacial score (nSPS) is 15.0. The molecule has 3 rings (SSSR count). The molecule has 1 aliphatic rings. The molecule has 2 aromatic rings. The Kier molecular flexibility index (Phi) is 6.96. The molecule has 0 atom stereocenters. The smallest absolute Gasteiger partial charge is 0.357 e. The summed E-state index contributed by atoms with van der Waals surface area (Å²) in [7, 11) is 0. The van der Waals surface area contributed by atoms with E-state index in [0.29, 0.717) is 37.4 Å². The average molecular weight is 485 g/mol.